The Balaban J connectivity index is 2.09. The number of benzene rings is 1. The number of halogens is 1. The molecule has 0 fully saturated rings. The number of aliphatic hydroxyl groups excluding tert-OH is 1. The number of aliphatic hydroxyl groups is 1. The van der Waals surface area contributed by atoms with E-state index in [4.69, 9.17) is 16.3 Å². The van der Waals surface area contributed by atoms with Crippen molar-refractivity contribution in [1.29, 1.82) is 0 Å². The van der Waals surface area contributed by atoms with Crippen LogP contribution in [0.5, 0.6) is 0 Å². The predicted octanol–water partition coefficient (Wildman–Crippen LogP) is 3.67. The summed E-state index contributed by atoms with van der Waals surface area (Å²) >= 11 is 7.27. The highest BCUT2D eigenvalue weighted by Crippen LogP contribution is 2.30. The van der Waals surface area contributed by atoms with Crippen LogP contribution in [-0.4, -0.2) is 18.8 Å². The Morgan fingerprint density at radius 2 is 1.94 bits per heavy atom. The maximum Gasteiger partial charge on any atom is 0.113 e. The van der Waals surface area contributed by atoms with Crippen molar-refractivity contribution in [2.45, 2.75) is 12.5 Å². The summed E-state index contributed by atoms with van der Waals surface area (Å²) in [5, 5.41) is 10.2. The topological polar surface area (TPSA) is 29.5 Å². The lowest BCUT2D eigenvalue weighted by atomic mass is 10.0. The average molecular weight is 283 g/mol. The van der Waals surface area contributed by atoms with E-state index in [9.17, 15) is 5.11 Å². The van der Waals surface area contributed by atoms with Gasteiger partial charge < -0.3 is 9.84 Å². The van der Waals surface area contributed by atoms with Crippen molar-refractivity contribution in [2.24, 2.45) is 0 Å². The molecule has 2 rings (SSSR count). The fourth-order valence-corrected chi connectivity index (χ4v) is 2.80. The van der Waals surface area contributed by atoms with E-state index in [1.165, 1.54) is 16.9 Å². The van der Waals surface area contributed by atoms with Crippen molar-refractivity contribution in [2.75, 3.05) is 13.7 Å². The molecule has 1 unspecified atom stereocenters. The van der Waals surface area contributed by atoms with Gasteiger partial charge in [-0.1, -0.05) is 35.9 Å². The third-order valence-electron chi connectivity index (χ3n) is 2.75. The second-order valence-corrected chi connectivity index (χ2v) is 5.78. The lowest BCUT2D eigenvalue weighted by Gasteiger charge is -2.09. The molecular weight excluding hydrogens is 268 g/mol. The molecule has 0 saturated carbocycles. The van der Waals surface area contributed by atoms with Gasteiger partial charge >= 0.3 is 0 Å². The molecule has 2 aromatic rings. The largest absolute Gasteiger partial charge is 0.384 e. The van der Waals surface area contributed by atoms with Gasteiger partial charge in [-0.25, -0.2) is 0 Å². The molecule has 2 nitrogen and oxygen atoms in total. The Bertz CT molecular complexity index is 493. The van der Waals surface area contributed by atoms with Crippen molar-refractivity contribution in [1.82, 2.24) is 0 Å². The number of ether oxygens (including phenoxy) is 1. The van der Waals surface area contributed by atoms with E-state index >= 15 is 0 Å². The van der Waals surface area contributed by atoms with E-state index in [1.54, 1.807) is 13.2 Å². The first-order valence-electron chi connectivity index (χ1n) is 5.72. The third kappa shape index (κ3) is 3.33. The summed E-state index contributed by atoms with van der Waals surface area (Å²) in [6, 6.07) is 11.6. The molecule has 18 heavy (non-hydrogen) atoms. The Labute approximate surface area is 116 Å². The standard InChI is InChI=1S/C14H15ClO2S/c1-17-9-8-10-2-4-11(5-3-10)14(16)12-6-7-13(15)18-12/h2-7,14,16H,8-9H2,1H3. The molecule has 0 saturated heterocycles. The van der Waals surface area contributed by atoms with Crippen LogP contribution >= 0.6 is 22.9 Å². The van der Waals surface area contributed by atoms with Gasteiger partial charge in [0.2, 0.25) is 0 Å². The zero-order valence-electron chi connectivity index (χ0n) is 10.1. The minimum absolute atomic E-state index is 0.598. The molecule has 0 spiro atoms. The molecule has 0 aliphatic rings. The molecule has 0 radical (unpaired) electrons. The Morgan fingerprint density at radius 1 is 1.22 bits per heavy atom. The molecule has 0 aliphatic carbocycles. The van der Waals surface area contributed by atoms with E-state index in [1.807, 2.05) is 30.3 Å². The second kappa shape index (κ2) is 6.34. The molecule has 0 aliphatic heterocycles. The van der Waals surface area contributed by atoms with Crippen LogP contribution in [-0.2, 0) is 11.2 Å². The minimum atomic E-state index is -0.598. The SMILES string of the molecule is COCCc1ccc(C(O)c2ccc(Cl)s2)cc1. The van der Waals surface area contributed by atoms with Crippen LogP contribution in [0, 0.1) is 0 Å². The first-order valence-corrected chi connectivity index (χ1v) is 6.91. The maximum absolute atomic E-state index is 10.2. The number of thiophene rings is 1. The monoisotopic (exact) mass is 282 g/mol. The van der Waals surface area contributed by atoms with E-state index < -0.39 is 6.10 Å². The van der Waals surface area contributed by atoms with Gasteiger partial charge in [-0.15, -0.1) is 11.3 Å². The van der Waals surface area contributed by atoms with Gasteiger partial charge in [0.05, 0.1) is 10.9 Å². The number of hydrogen-bond acceptors (Lipinski definition) is 3. The quantitative estimate of drug-likeness (QED) is 0.907. The van der Waals surface area contributed by atoms with Crippen molar-refractivity contribution < 1.29 is 9.84 Å². The van der Waals surface area contributed by atoms with Gasteiger partial charge in [0, 0.05) is 12.0 Å². The Hall–Kier alpha value is -0.870. The number of rotatable bonds is 5. The lowest BCUT2D eigenvalue weighted by Crippen LogP contribution is -1.98. The van der Waals surface area contributed by atoms with E-state index in [2.05, 4.69) is 0 Å². The average Bonchev–Trinajstić information content (AvgIpc) is 2.83. The minimum Gasteiger partial charge on any atom is -0.384 e. The zero-order valence-corrected chi connectivity index (χ0v) is 11.7. The molecule has 1 heterocycles. The van der Waals surface area contributed by atoms with Crippen molar-refractivity contribution >= 4 is 22.9 Å². The highest BCUT2D eigenvalue weighted by Gasteiger charge is 2.12. The van der Waals surface area contributed by atoms with Crippen LogP contribution in [0.3, 0.4) is 0 Å². The molecular formula is C14H15ClO2S. The summed E-state index contributed by atoms with van der Waals surface area (Å²) in [5.74, 6) is 0. The molecule has 1 atom stereocenters. The number of methoxy groups -OCH3 is 1. The van der Waals surface area contributed by atoms with Crippen LogP contribution in [0.2, 0.25) is 4.34 Å². The molecule has 1 aromatic heterocycles. The third-order valence-corrected chi connectivity index (χ3v) is 4.04. The highest BCUT2D eigenvalue weighted by molar-refractivity contribution is 7.16. The summed E-state index contributed by atoms with van der Waals surface area (Å²) < 4.78 is 5.73. The smallest absolute Gasteiger partial charge is 0.113 e. The number of hydrogen-bond donors (Lipinski definition) is 1. The second-order valence-electron chi connectivity index (χ2n) is 4.03. The first-order chi connectivity index (χ1) is 8.70. The van der Waals surface area contributed by atoms with E-state index in [0.29, 0.717) is 10.9 Å². The molecule has 96 valence electrons. The Kier molecular flexibility index (Phi) is 4.78. The van der Waals surface area contributed by atoms with Crippen LogP contribution in [0.4, 0.5) is 0 Å². The lowest BCUT2D eigenvalue weighted by molar-refractivity contribution is 0.202. The van der Waals surface area contributed by atoms with Gasteiger partial charge in [-0.3, -0.25) is 0 Å². The van der Waals surface area contributed by atoms with Crippen molar-refractivity contribution in [3.8, 4) is 0 Å². The van der Waals surface area contributed by atoms with Crippen molar-refractivity contribution in [3.05, 3.63) is 56.7 Å². The molecule has 4 heteroatoms. The van der Waals surface area contributed by atoms with Gasteiger partial charge in [-0.2, -0.15) is 0 Å². The van der Waals surface area contributed by atoms with Gasteiger partial charge in [0.1, 0.15) is 6.10 Å². The summed E-state index contributed by atoms with van der Waals surface area (Å²) in [6.07, 6.45) is 0.288. The molecule has 1 N–H and O–H groups in total. The first kappa shape index (κ1) is 13.6. The van der Waals surface area contributed by atoms with E-state index in [0.717, 1.165) is 16.9 Å². The zero-order chi connectivity index (χ0) is 13.0. The highest BCUT2D eigenvalue weighted by atomic mass is 35.5. The molecule has 0 amide bonds. The van der Waals surface area contributed by atoms with Crippen LogP contribution in [0.15, 0.2) is 36.4 Å². The van der Waals surface area contributed by atoms with Gasteiger partial charge in [0.25, 0.3) is 0 Å². The molecule has 1 aromatic carbocycles. The van der Waals surface area contributed by atoms with Crippen LogP contribution < -0.4 is 0 Å². The van der Waals surface area contributed by atoms with Crippen molar-refractivity contribution in [3.63, 3.8) is 0 Å². The van der Waals surface area contributed by atoms with Crippen LogP contribution in [0.1, 0.15) is 22.1 Å². The summed E-state index contributed by atoms with van der Waals surface area (Å²) in [4.78, 5) is 0.865. The van der Waals surface area contributed by atoms with Gasteiger partial charge in [0.15, 0.2) is 0 Å². The van der Waals surface area contributed by atoms with E-state index in [-0.39, 0.29) is 0 Å². The fraction of sp³-hybridized carbons (Fsp3) is 0.286. The normalized spacial score (nSPS) is 12.6. The summed E-state index contributed by atoms with van der Waals surface area (Å²) in [6.45, 7) is 0.711. The maximum atomic E-state index is 10.2. The van der Waals surface area contributed by atoms with Gasteiger partial charge in [-0.05, 0) is 29.7 Å². The van der Waals surface area contributed by atoms with Crippen LogP contribution in [0.25, 0.3) is 0 Å². The fourth-order valence-electron chi connectivity index (χ4n) is 1.73. The molecule has 0 bridgehead atoms. The predicted molar refractivity (Wildman–Crippen MR) is 75.4 cm³/mol. The Morgan fingerprint density at radius 3 is 2.50 bits per heavy atom. The summed E-state index contributed by atoms with van der Waals surface area (Å²) in [7, 11) is 1.69. The summed E-state index contributed by atoms with van der Waals surface area (Å²) in [5.41, 5.74) is 2.09.